The highest BCUT2D eigenvalue weighted by Gasteiger charge is 2.14. The Labute approximate surface area is 179 Å². The summed E-state index contributed by atoms with van der Waals surface area (Å²) in [5, 5.41) is 8.59. The average molecular weight is 416 g/mol. The highest BCUT2D eigenvalue weighted by molar-refractivity contribution is 7.11. The second-order valence-electron chi connectivity index (χ2n) is 6.39. The van der Waals surface area contributed by atoms with E-state index < -0.39 is 5.91 Å². The summed E-state index contributed by atoms with van der Waals surface area (Å²) in [4.78, 5) is 26.2. The summed E-state index contributed by atoms with van der Waals surface area (Å²) in [6.45, 7) is 1.86. The number of amides is 2. The van der Waals surface area contributed by atoms with Crippen molar-refractivity contribution in [1.29, 1.82) is 0 Å². The maximum Gasteiger partial charge on any atom is 0.287 e. The topological polar surface area (TPSA) is 70.6 Å². The standard InChI is InChI=1S/C24H21N3O2S/c1-18(15-19-9-4-2-5-10-19)16-22(26-23(28)20-11-6-3-7-12-20)24(29)27-25-17-21-13-8-14-30-21/h2-17H,1H3,(H,26,28)(H,27,29)/b18-15+,22-16-,25-17+. The Morgan fingerprint density at radius 2 is 1.63 bits per heavy atom. The molecule has 2 aromatic carbocycles. The van der Waals surface area contributed by atoms with E-state index in [2.05, 4.69) is 15.8 Å². The van der Waals surface area contributed by atoms with E-state index in [0.29, 0.717) is 5.56 Å². The summed E-state index contributed by atoms with van der Waals surface area (Å²) in [6, 6.07) is 22.3. The molecule has 5 nitrogen and oxygen atoms in total. The number of carbonyl (C=O) groups is 2. The first-order valence-electron chi connectivity index (χ1n) is 9.30. The van der Waals surface area contributed by atoms with E-state index in [-0.39, 0.29) is 11.6 Å². The predicted molar refractivity (Wildman–Crippen MR) is 122 cm³/mol. The molecule has 0 aliphatic rings. The van der Waals surface area contributed by atoms with Crippen LogP contribution in [-0.2, 0) is 4.79 Å². The summed E-state index contributed by atoms with van der Waals surface area (Å²) in [5.41, 5.74) is 4.85. The fourth-order valence-corrected chi connectivity index (χ4v) is 3.19. The molecule has 0 aliphatic carbocycles. The van der Waals surface area contributed by atoms with Crippen LogP contribution in [0, 0.1) is 0 Å². The Morgan fingerprint density at radius 3 is 2.30 bits per heavy atom. The molecule has 0 saturated heterocycles. The molecule has 2 amide bonds. The molecule has 0 spiro atoms. The Bertz CT molecular complexity index is 1070. The van der Waals surface area contributed by atoms with Crippen LogP contribution in [0.15, 0.2) is 101 Å². The summed E-state index contributed by atoms with van der Waals surface area (Å²) >= 11 is 1.51. The first kappa shape index (κ1) is 21.0. The van der Waals surface area contributed by atoms with E-state index in [1.165, 1.54) is 11.3 Å². The predicted octanol–water partition coefficient (Wildman–Crippen LogP) is 4.62. The van der Waals surface area contributed by atoms with Crippen molar-refractivity contribution < 1.29 is 9.59 Å². The van der Waals surface area contributed by atoms with Gasteiger partial charge in [0.2, 0.25) is 0 Å². The number of hydrazone groups is 1. The highest BCUT2D eigenvalue weighted by Crippen LogP contribution is 2.10. The molecule has 0 radical (unpaired) electrons. The van der Waals surface area contributed by atoms with Gasteiger partial charge >= 0.3 is 0 Å². The monoisotopic (exact) mass is 415 g/mol. The van der Waals surface area contributed by atoms with Crippen molar-refractivity contribution in [2.75, 3.05) is 0 Å². The van der Waals surface area contributed by atoms with Gasteiger partial charge in [-0.15, -0.1) is 11.3 Å². The third-order valence-electron chi connectivity index (χ3n) is 4.00. The van der Waals surface area contributed by atoms with Gasteiger partial charge in [0.25, 0.3) is 11.8 Å². The van der Waals surface area contributed by atoms with Crippen LogP contribution in [0.2, 0.25) is 0 Å². The molecule has 0 fully saturated rings. The first-order valence-corrected chi connectivity index (χ1v) is 10.2. The summed E-state index contributed by atoms with van der Waals surface area (Å²) < 4.78 is 0. The number of carbonyl (C=O) groups excluding carboxylic acids is 2. The van der Waals surface area contributed by atoms with Crippen LogP contribution in [0.25, 0.3) is 6.08 Å². The number of rotatable bonds is 7. The van der Waals surface area contributed by atoms with Gasteiger partial charge in [-0.3, -0.25) is 9.59 Å². The lowest BCUT2D eigenvalue weighted by atomic mass is 10.1. The zero-order valence-corrected chi connectivity index (χ0v) is 17.2. The van der Waals surface area contributed by atoms with E-state index in [9.17, 15) is 9.59 Å². The van der Waals surface area contributed by atoms with Crippen LogP contribution in [0.5, 0.6) is 0 Å². The van der Waals surface area contributed by atoms with Gasteiger partial charge < -0.3 is 5.32 Å². The first-order chi connectivity index (χ1) is 14.6. The zero-order chi connectivity index (χ0) is 21.2. The molecule has 0 saturated carbocycles. The number of thiophene rings is 1. The number of hydrogen-bond acceptors (Lipinski definition) is 4. The normalized spacial score (nSPS) is 12.0. The molecule has 1 aromatic heterocycles. The lowest BCUT2D eigenvalue weighted by Gasteiger charge is -2.09. The largest absolute Gasteiger partial charge is 0.317 e. The number of allylic oxidation sites excluding steroid dienone is 2. The fourth-order valence-electron chi connectivity index (χ4n) is 2.60. The van der Waals surface area contributed by atoms with E-state index >= 15 is 0 Å². The Morgan fingerprint density at radius 1 is 0.933 bits per heavy atom. The van der Waals surface area contributed by atoms with Gasteiger partial charge in [-0.1, -0.05) is 60.7 Å². The molecule has 1 heterocycles. The minimum Gasteiger partial charge on any atom is -0.317 e. The van der Waals surface area contributed by atoms with E-state index in [4.69, 9.17) is 0 Å². The van der Waals surface area contributed by atoms with Crippen LogP contribution in [-0.4, -0.2) is 18.0 Å². The maximum absolute atomic E-state index is 12.7. The second-order valence-corrected chi connectivity index (χ2v) is 7.37. The number of nitrogens with one attached hydrogen (secondary N) is 2. The molecular formula is C24H21N3O2S. The van der Waals surface area contributed by atoms with E-state index in [0.717, 1.165) is 16.0 Å². The average Bonchev–Trinajstić information content (AvgIpc) is 3.28. The van der Waals surface area contributed by atoms with Crippen LogP contribution in [0.4, 0.5) is 0 Å². The van der Waals surface area contributed by atoms with E-state index in [1.54, 1.807) is 36.6 Å². The molecule has 0 atom stereocenters. The molecule has 3 rings (SSSR count). The Kier molecular flexibility index (Phi) is 7.46. The third-order valence-corrected chi connectivity index (χ3v) is 4.80. The minimum atomic E-state index is -0.507. The molecule has 0 aliphatic heterocycles. The van der Waals surface area contributed by atoms with Gasteiger partial charge in [0.05, 0.1) is 6.21 Å². The van der Waals surface area contributed by atoms with Gasteiger partial charge in [-0.2, -0.15) is 5.10 Å². The summed E-state index contributed by atoms with van der Waals surface area (Å²) in [7, 11) is 0. The third kappa shape index (κ3) is 6.39. The van der Waals surface area contributed by atoms with Crippen molar-refractivity contribution in [1.82, 2.24) is 10.7 Å². The van der Waals surface area contributed by atoms with Crippen molar-refractivity contribution in [2.45, 2.75) is 6.92 Å². The number of hydrogen-bond donors (Lipinski definition) is 2. The lowest BCUT2D eigenvalue weighted by molar-refractivity contribution is -0.117. The fraction of sp³-hybridized carbons (Fsp3) is 0.0417. The van der Waals surface area contributed by atoms with Gasteiger partial charge in [-0.05, 0) is 47.7 Å². The minimum absolute atomic E-state index is 0.108. The smallest absolute Gasteiger partial charge is 0.287 e. The molecule has 0 unspecified atom stereocenters. The molecule has 0 bridgehead atoms. The van der Waals surface area contributed by atoms with Gasteiger partial charge in [0, 0.05) is 10.4 Å². The molecule has 150 valence electrons. The zero-order valence-electron chi connectivity index (χ0n) is 16.4. The van der Waals surface area contributed by atoms with E-state index in [1.807, 2.05) is 66.9 Å². The Hall–Kier alpha value is -3.77. The summed E-state index contributed by atoms with van der Waals surface area (Å²) in [5.74, 6) is -0.875. The van der Waals surface area contributed by atoms with Crippen LogP contribution >= 0.6 is 11.3 Å². The van der Waals surface area contributed by atoms with Crippen molar-refractivity contribution in [3.63, 3.8) is 0 Å². The summed E-state index contributed by atoms with van der Waals surface area (Å²) in [6.07, 6.45) is 5.12. The van der Waals surface area contributed by atoms with Gasteiger partial charge in [0.15, 0.2) is 0 Å². The number of nitrogens with zero attached hydrogens (tertiary/aromatic N) is 1. The van der Waals surface area contributed by atoms with Crippen LogP contribution < -0.4 is 10.7 Å². The number of benzene rings is 2. The van der Waals surface area contributed by atoms with Crippen molar-refractivity contribution >= 4 is 35.4 Å². The van der Waals surface area contributed by atoms with Crippen LogP contribution in [0.1, 0.15) is 27.7 Å². The Balaban J connectivity index is 1.80. The second kappa shape index (κ2) is 10.7. The molecule has 30 heavy (non-hydrogen) atoms. The van der Waals surface area contributed by atoms with Gasteiger partial charge in [-0.25, -0.2) is 5.43 Å². The quantitative estimate of drug-likeness (QED) is 0.256. The SMILES string of the molecule is CC(/C=C(\NC(=O)c1ccccc1)C(=O)N/N=C/c1cccs1)=C\c1ccccc1. The molecule has 6 heteroatoms. The lowest BCUT2D eigenvalue weighted by Crippen LogP contribution is -2.33. The van der Waals surface area contributed by atoms with Crippen LogP contribution in [0.3, 0.4) is 0 Å². The van der Waals surface area contributed by atoms with Gasteiger partial charge in [0.1, 0.15) is 5.70 Å². The molecular weight excluding hydrogens is 394 g/mol. The highest BCUT2D eigenvalue weighted by atomic mass is 32.1. The maximum atomic E-state index is 12.7. The van der Waals surface area contributed by atoms with Crippen molar-refractivity contribution in [3.8, 4) is 0 Å². The molecule has 3 aromatic rings. The molecule has 2 N–H and O–H groups in total. The van der Waals surface area contributed by atoms with Crippen molar-refractivity contribution in [2.24, 2.45) is 5.10 Å². The van der Waals surface area contributed by atoms with Crippen molar-refractivity contribution in [3.05, 3.63) is 112 Å².